The quantitative estimate of drug-likeness (QED) is 0.945. The zero-order valence-corrected chi connectivity index (χ0v) is 12.6. The number of carbonyl (C=O) groups is 1. The minimum Gasteiger partial charge on any atom is -0.497 e. The molecule has 4 heteroatoms. The van der Waals surface area contributed by atoms with Gasteiger partial charge in [0.1, 0.15) is 5.75 Å². The predicted molar refractivity (Wildman–Crippen MR) is 85.8 cm³/mol. The average Bonchev–Trinajstić information content (AvgIpc) is 3.01. The molecule has 1 N–H and O–H groups in total. The van der Waals surface area contributed by atoms with Gasteiger partial charge in [-0.05, 0) is 23.8 Å². The third kappa shape index (κ3) is 2.68. The Hall–Kier alpha value is -2.75. The van der Waals surface area contributed by atoms with E-state index in [0.717, 1.165) is 22.6 Å². The zero-order chi connectivity index (χ0) is 15.5. The molecule has 1 heterocycles. The van der Waals surface area contributed by atoms with E-state index in [4.69, 9.17) is 4.74 Å². The van der Waals surface area contributed by atoms with Crippen molar-refractivity contribution in [2.24, 2.45) is 0 Å². The van der Waals surface area contributed by atoms with Gasteiger partial charge in [0, 0.05) is 12.5 Å². The van der Waals surface area contributed by atoms with E-state index in [2.05, 4.69) is 11.5 Å². The molecule has 0 aromatic heterocycles. The van der Waals surface area contributed by atoms with Crippen molar-refractivity contribution in [3.63, 3.8) is 0 Å². The van der Waals surface area contributed by atoms with Crippen LogP contribution in [0.1, 0.15) is 24.1 Å². The summed E-state index contributed by atoms with van der Waals surface area (Å²) < 4.78 is 5.26. The smallest absolute Gasteiger partial charge is 0.238 e. The van der Waals surface area contributed by atoms with Gasteiger partial charge >= 0.3 is 0 Å². The summed E-state index contributed by atoms with van der Waals surface area (Å²) in [6.07, 6.45) is 2.06. The molecule has 22 heavy (non-hydrogen) atoms. The number of rotatable bonds is 3. The first kappa shape index (κ1) is 14.2. The van der Waals surface area contributed by atoms with Gasteiger partial charge in [-0.25, -0.2) is 5.01 Å². The standard InChI is InChI=1S/C18H18N2O2/c1-13(21)20-18(14-7-4-3-5-8-14)12-17(19-20)15-9-6-10-16(11-15)22-2/h3-12,18-19H,1-2H3/t18-/m1/s1. The first-order valence-corrected chi connectivity index (χ1v) is 7.16. The molecule has 0 saturated heterocycles. The van der Waals surface area contributed by atoms with Gasteiger partial charge in [0.05, 0.1) is 18.8 Å². The molecule has 1 amide bonds. The molecule has 0 unspecified atom stereocenters. The average molecular weight is 294 g/mol. The normalized spacial score (nSPS) is 16.9. The van der Waals surface area contributed by atoms with Gasteiger partial charge in [0.2, 0.25) is 5.91 Å². The molecular weight excluding hydrogens is 276 g/mol. The Morgan fingerprint density at radius 2 is 1.91 bits per heavy atom. The highest BCUT2D eigenvalue weighted by Crippen LogP contribution is 2.32. The van der Waals surface area contributed by atoms with E-state index < -0.39 is 0 Å². The van der Waals surface area contributed by atoms with Crippen LogP contribution >= 0.6 is 0 Å². The highest BCUT2D eigenvalue weighted by Gasteiger charge is 2.28. The summed E-state index contributed by atoms with van der Waals surface area (Å²) in [6, 6.07) is 17.6. The predicted octanol–water partition coefficient (Wildman–Crippen LogP) is 3.14. The molecule has 4 nitrogen and oxygen atoms in total. The maximum absolute atomic E-state index is 11.9. The lowest BCUT2D eigenvalue weighted by atomic mass is 10.0. The fourth-order valence-electron chi connectivity index (χ4n) is 2.59. The Bertz CT molecular complexity index is 710. The molecule has 1 atom stereocenters. The van der Waals surface area contributed by atoms with E-state index in [0.29, 0.717) is 0 Å². The van der Waals surface area contributed by atoms with Crippen LogP contribution < -0.4 is 10.2 Å². The number of benzene rings is 2. The lowest BCUT2D eigenvalue weighted by molar-refractivity contribution is -0.132. The summed E-state index contributed by atoms with van der Waals surface area (Å²) >= 11 is 0. The number of hydrogen-bond donors (Lipinski definition) is 1. The number of nitrogens with one attached hydrogen (secondary N) is 1. The van der Waals surface area contributed by atoms with E-state index in [1.807, 2.05) is 54.6 Å². The Morgan fingerprint density at radius 1 is 1.14 bits per heavy atom. The van der Waals surface area contributed by atoms with Gasteiger partial charge in [0.25, 0.3) is 0 Å². The third-order valence-electron chi connectivity index (χ3n) is 3.70. The molecular formula is C18H18N2O2. The number of hydrogen-bond acceptors (Lipinski definition) is 3. The van der Waals surface area contributed by atoms with Gasteiger partial charge < -0.3 is 4.74 Å². The number of methoxy groups -OCH3 is 1. The van der Waals surface area contributed by atoms with Crippen molar-refractivity contribution in [3.05, 3.63) is 71.8 Å². The van der Waals surface area contributed by atoms with Crippen LogP contribution in [0.15, 0.2) is 60.7 Å². The SMILES string of the molecule is COc1cccc(C2=C[C@H](c3ccccc3)N(C(C)=O)N2)c1. The van der Waals surface area contributed by atoms with Crippen LogP contribution in [-0.4, -0.2) is 18.0 Å². The minimum atomic E-state index is -0.111. The number of carbonyl (C=O) groups excluding carboxylic acids is 1. The molecule has 2 aromatic rings. The lowest BCUT2D eigenvalue weighted by Crippen LogP contribution is -2.37. The number of amides is 1. The van der Waals surface area contributed by atoms with Crippen molar-refractivity contribution in [3.8, 4) is 5.75 Å². The van der Waals surface area contributed by atoms with Gasteiger partial charge in [-0.3, -0.25) is 10.2 Å². The van der Waals surface area contributed by atoms with Crippen molar-refractivity contribution in [1.29, 1.82) is 0 Å². The van der Waals surface area contributed by atoms with Crippen LogP contribution in [0.2, 0.25) is 0 Å². The Morgan fingerprint density at radius 3 is 2.59 bits per heavy atom. The molecule has 2 aromatic carbocycles. The van der Waals surface area contributed by atoms with Crippen molar-refractivity contribution >= 4 is 11.6 Å². The maximum atomic E-state index is 11.9. The highest BCUT2D eigenvalue weighted by molar-refractivity contribution is 5.79. The van der Waals surface area contributed by atoms with Gasteiger partial charge in [-0.15, -0.1) is 0 Å². The fourth-order valence-corrected chi connectivity index (χ4v) is 2.59. The zero-order valence-electron chi connectivity index (χ0n) is 12.6. The summed E-state index contributed by atoms with van der Waals surface area (Å²) in [5.41, 5.74) is 6.16. The molecule has 0 fully saturated rings. The second-order valence-electron chi connectivity index (χ2n) is 5.17. The Balaban J connectivity index is 1.97. The summed E-state index contributed by atoms with van der Waals surface area (Å²) in [6.45, 7) is 1.56. The van der Waals surface area contributed by atoms with Crippen molar-refractivity contribution in [2.45, 2.75) is 13.0 Å². The summed E-state index contributed by atoms with van der Waals surface area (Å²) in [5, 5.41) is 1.64. The number of hydrazine groups is 1. The third-order valence-corrected chi connectivity index (χ3v) is 3.70. The molecule has 0 radical (unpaired) electrons. The van der Waals surface area contributed by atoms with E-state index in [1.165, 1.54) is 0 Å². The molecule has 0 saturated carbocycles. The van der Waals surface area contributed by atoms with Crippen LogP contribution in [0.5, 0.6) is 5.75 Å². The lowest BCUT2D eigenvalue weighted by Gasteiger charge is -2.24. The first-order valence-electron chi connectivity index (χ1n) is 7.16. The first-order chi connectivity index (χ1) is 10.7. The molecule has 112 valence electrons. The van der Waals surface area contributed by atoms with Crippen LogP contribution in [0, 0.1) is 0 Å². The van der Waals surface area contributed by atoms with E-state index in [9.17, 15) is 4.79 Å². The Labute approximate surface area is 130 Å². The van der Waals surface area contributed by atoms with Crippen LogP contribution in [-0.2, 0) is 4.79 Å². The molecule has 0 aliphatic carbocycles. The Kier molecular flexibility index (Phi) is 3.83. The van der Waals surface area contributed by atoms with Crippen LogP contribution in [0.3, 0.4) is 0 Å². The number of ether oxygens (including phenoxy) is 1. The summed E-state index contributed by atoms with van der Waals surface area (Å²) in [4.78, 5) is 11.9. The van der Waals surface area contributed by atoms with E-state index >= 15 is 0 Å². The second kappa shape index (κ2) is 5.93. The molecule has 0 spiro atoms. The molecule has 1 aliphatic rings. The largest absolute Gasteiger partial charge is 0.497 e. The summed E-state index contributed by atoms with van der Waals surface area (Å²) in [7, 11) is 1.64. The van der Waals surface area contributed by atoms with Crippen LogP contribution in [0.25, 0.3) is 5.70 Å². The monoisotopic (exact) mass is 294 g/mol. The van der Waals surface area contributed by atoms with Crippen molar-refractivity contribution in [2.75, 3.05) is 7.11 Å². The number of nitrogens with zero attached hydrogens (tertiary/aromatic N) is 1. The minimum absolute atomic E-state index is 0.0250. The van der Waals surface area contributed by atoms with E-state index in [-0.39, 0.29) is 11.9 Å². The van der Waals surface area contributed by atoms with Gasteiger partial charge in [0.15, 0.2) is 0 Å². The van der Waals surface area contributed by atoms with Crippen molar-refractivity contribution in [1.82, 2.24) is 10.4 Å². The molecule has 1 aliphatic heterocycles. The van der Waals surface area contributed by atoms with Crippen LogP contribution in [0.4, 0.5) is 0 Å². The summed E-state index contributed by atoms with van der Waals surface area (Å²) in [5.74, 6) is 0.765. The van der Waals surface area contributed by atoms with E-state index in [1.54, 1.807) is 19.0 Å². The highest BCUT2D eigenvalue weighted by atomic mass is 16.5. The molecule has 0 bridgehead atoms. The maximum Gasteiger partial charge on any atom is 0.238 e. The topological polar surface area (TPSA) is 41.6 Å². The van der Waals surface area contributed by atoms with Crippen molar-refractivity contribution < 1.29 is 9.53 Å². The van der Waals surface area contributed by atoms with Gasteiger partial charge in [-0.1, -0.05) is 42.5 Å². The fraction of sp³-hybridized carbons (Fsp3) is 0.167. The van der Waals surface area contributed by atoms with Gasteiger partial charge in [-0.2, -0.15) is 0 Å². The second-order valence-corrected chi connectivity index (χ2v) is 5.17. The molecule has 3 rings (SSSR count).